The van der Waals surface area contributed by atoms with E-state index >= 15 is 0 Å². The van der Waals surface area contributed by atoms with E-state index in [0.717, 1.165) is 33.4 Å². The lowest BCUT2D eigenvalue weighted by atomic mass is 10.1. The molecule has 0 aliphatic heterocycles. The van der Waals surface area contributed by atoms with Crippen molar-refractivity contribution in [1.29, 1.82) is 0 Å². The van der Waals surface area contributed by atoms with E-state index in [4.69, 9.17) is 0 Å². The Morgan fingerprint density at radius 2 is 1.93 bits per heavy atom. The number of fused-ring (bicyclic) bond motifs is 1. The van der Waals surface area contributed by atoms with E-state index in [0.29, 0.717) is 5.16 Å². The summed E-state index contributed by atoms with van der Waals surface area (Å²) in [5.74, 6) is 0.0927. The second-order valence-corrected chi connectivity index (χ2v) is 8.38. The number of hydrogen-bond donors (Lipinski definition) is 1. The van der Waals surface area contributed by atoms with E-state index in [1.807, 2.05) is 42.7 Å². The quantitative estimate of drug-likeness (QED) is 0.383. The molecule has 0 saturated carbocycles. The van der Waals surface area contributed by atoms with Crippen molar-refractivity contribution in [2.45, 2.75) is 38.1 Å². The predicted molar refractivity (Wildman–Crippen MR) is 114 cm³/mol. The number of aromatic amines is 1. The van der Waals surface area contributed by atoms with Gasteiger partial charge in [0.15, 0.2) is 10.9 Å². The second kappa shape index (κ2) is 7.28. The molecule has 0 fully saturated rings. The molecule has 1 N–H and O–H groups in total. The summed E-state index contributed by atoms with van der Waals surface area (Å²) in [5, 5.41) is 9.73. The molecule has 28 heavy (non-hydrogen) atoms. The van der Waals surface area contributed by atoms with Crippen molar-refractivity contribution >= 4 is 28.4 Å². The summed E-state index contributed by atoms with van der Waals surface area (Å²) < 4.78 is 1.95. The van der Waals surface area contributed by atoms with Crippen LogP contribution in [0, 0.1) is 20.8 Å². The first kappa shape index (κ1) is 18.5. The lowest BCUT2D eigenvalue weighted by Crippen LogP contribution is -2.15. The van der Waals surface area contributed by atoms with Crippen molar-refractivity contribution in [2.24, 2.45) is 0 Å². The zero-order chi connectivity index (χ0) is 19.8. The molecule has 2 aromatic carbocycles. The monoisotopic (exact) mass is 390 g/mol. The smallest absolute Gasteiger partial charge is 0.196 e. The molecule has 0 aliphatic rings. The van der Waals surface area contributed by atoms with Gasteiger partial charge in [-0.15, -0.1) is 10.2 Å². The number of H-pyrrole nitrogens is 1. The average Bonchev–Trinajstić information content (AvgIpc) is 3.24. The number of aromatic nitrogens is 4. The highest BCUT2D eigenvalue weighted by Crippen LogP contribution is 2.30. The van der Waals surface area contributed by atoms with E-state index in [2.05, 4.69) is 47.2 Å². The van der Waals surface area contributed by atoms with Gasteiger partial charge in [-0.3, -0.25) is 9.36 Å². The van der Waals surface area contributed by atoms with Gasteiger partial charge in [0.1, 0.15) is 6.33 Å². The number of para-hydroxylation sites is 1. The Labute approximate surface area is 168 Å². The molecule has 5 nitrogen and oxygen atoms in total. The van der Waals surface area contributed by atoms with Crippen molar-refractivity contribution in [2.75, 3.05) is 0 Å². The minimum absolute atomic E-state index is 0.0927. The maximum absolute atomic E-state index is 13.2. The Kier molecular flexibility index (Phi) is 4.81. The number of carbonyl (C=O) groups excluding carboxylic acids is 1. The number of thioether (sulfide) groups is 1. The molecule has 0 amide bonds. The number of carbonyl (C=O) groups is 1. The number of nitrogens with one attached hydrogen (secondary N) is 1. The lowest BCUT2D eigenvalue weighted by Gasteiger charge is -2.13. The molecular weight excluding hydrogens is 368 g/mol. The Morgan fingerprint density at radius 3 is 2.71 bits per heavy atom. The van der Waals surface area contributed by atoms with Crippen molar-refractivity contribution in [3.05, 3.63) is 71.2 Å². The molecule has 2 heterocycles. The minimum Gasteiger partial charge on any atom is -0.358 e. The number of Topliss-reactive ketones (excluding diaryl/α,β-unsaturated/α-hetero) is 1. The molecule has 4 aromatic rings. The fourth-order valence-electron chi connectivity index (χ4n) is 3.55. The molecule has 4 rings (SSSR count). The fourth-order valence-corrected chi connectivity index (χ4v) is 4.45. The molecule has 0 radical (unpaired) electrons. The van der Waals surface area contributed by atoms with Crippen LogP contribution in [0.15, 0.2) is 53.9 Å². The number of rotatable bonds is 5. The van der Waals surface area contributed by atoms with Gasteiger partial charge in [0.05, 0.1) is 10.9 Å². The molecule has 0 saturated heterocycles. The van der Waals surface area contributed by atoms with Gasteiger partial charge >= 0.3 is 0 Å². The van der Waals surface area contributed by atoms with Gasteiger partial charge in [-0.2, -0.15) is 0 Å². The van der Waals surface area contributed by atoms with Crippen LogP contribution < -0.4 is 0 Å². The van der Waals surface area contributed by atoms with Crippen molar-refractivity contribution in [3.63, 3.8) is 0 Å². The van der Waals surface area contributed by atoms with E-state index in [-0.39, 0.29) is 11.0 Å². The predicted octanol–water partition coefficient (Wildman–Crippen LogP) is 5.04. The molecule has 0 bridgehead atoms. The number of benzene rings is 2. The van der Waals surface area contributed by atoms with Gasteiger partial charge in [0, 0.05) is 22.2 Å². The van der Waals surface area contributed by atoms with Gasteiger partial charge in [-0.1, -0.05) is 47.7 Å². The third-order valence-corrected chi connectivity index (χ3v) is 5.98. The highest BCUT2D eigenvalue weighted by Gasteiger charge is 2.24. The van der Waals surface area contributed by atoms with Crippen LogP contribution in [-0.2, 0) is 0 Å². The van der Waals surface area contributed by atoms with Crippen molar-refractivity contribution in [1.82, 2.24) is 19.7 Å². The molecular formula is C22H22N4OS. The van der Waals surface area contributed by atoms with Crippen LogP contribution >= 0.6 is 11.8 Å². The van der Waals surface area contributed by atoms with Gasteiger partial charge < -0.3 is 4.98 Å². The molecule has 0 aliphatic carbocycles. The SMILES string of the molecule is Cc1ccc(-n2cnnc2SC(C)C(=O)c2c(C)[nH]c3ccccc23)c(C)c1. The van der Waals surface area contributed by atoms with Gasteiger partial charge in [0.25, 0.3) is 0 Å². The largest absolute Gasteiger partial charge is 0.358 e. The summed E-state index contributed by atoms with van der Waals surface area (Å²) in [4.78, 5) is 16.5. The van der Waals surface area contributed by atoms with E-state index in [9.17, 15) is 4.79 Å². The summed E-state index contributed by atoms with van der Waals surface area (Å²) in [6.45, 7) is 8.02. The van der Waals surface area contributed by atoms with Crippen LogP contribution in [0.4, 0.5) is 0 Å². The van der Waals surface area contributed by atoms with Crippen LogP contribution in [0.1, 0.15) is 34.1 Å². The average molecular weight is 391 g/mol. The summed E-state index contributed by atoms with van der Waals surface area (Å²) in [5.41, 5.74) is 6.03. The number of ketones is 1. The van der Waals surface area contributed by atoms with Crippen molar-refractivity contribution < 1.29 is 4.79 Å². The minimum atomic E-state index is -0.286. The van der Waals surface area contributed by atoms with Gasteiger partial charge in [-0.05, 0) is 45.4 Å². The molecule has 2 aromatic heterocycles. The second-order valence-electron chi connectivity index (χ2n) is 7.07. The molecule has 142 valence electrons. The Morgan fingerprint density at radius 1 is 1.14 bits per heavy atom. The standard InChI is InChI=1S/C22H22N4OS/c1-13-9-10-19(14(2)11-13)26-12-23-25-22(26)28-16(4)21(27)20-15(3)24-18-8-6-5-7-17(18)20/h5-12,16,24H,1-4H3. The summed E-state index contributed by atoms with van der Waals surface area (Å²) >= 11 is 1.43. The van der Waals surface area contributed by atoms with Crippen LogP contribution in [0.25, 0.3) is 16.6 Å². The molecule has 6 heteroatoms. The number of hydrogen-bond acceptors (Lipinski definition) is 4. The summed E-state index contributed by atoms with van der Waals surface area (Å²) in [7, 11) is 0. The van der Waals surface area contributed by atoms with E-state index in [1.54, 1.807) is 6.33 Å². The van der Waals surface area contributed by atoms with Crippen LogP contribution in [0.2, 0.25) is 0 Å². The fraction of sp³-hybridized carbons (Fsp3) is 0.227. The van der Waals surface area contributed by atoms with E-state index in [1.165, 1.54) is 17.3 Å². The highest BCUT2D eigenvalue weighted by molar-refractivity contribution is 8.00. The van der Waals surface area contributed by atoms with Gasteiger partial charge in [-0.25, -0.2) is 0 Å². The molecule has 1 unspecified atom stereocenters. The van der Waals surface area contributed by atoms with Crippen LogP contribution in [0.3, 0.4) is 0 Å². The van der Waals surface area contributed by atoms with Crippen LogP contribution in [0.5, 0.6) is 0 Å². The zero-order valence-corrected chi connectivity index (χ0v) is 17.2. The topological polar surface area (TPSA) is 63.6 Å². The molecule has 0 spiro atoms. The zero-order valence-electron chi connectivity index (χ0n) is 16.4. The van der Waals surface area contributed by atoms with Crippen LogP contribution in [-0.4, -0.2) is 30.8 Å². The lowest BCUT2D eigenvalue weighted by molar-refractivity contribution is 0.0995. The Balaban J connectivity index is 1.64. The number of aryl methyl sites for hydroxylation is 3. The van der Waals surface area contributed by atoms with Crippen molar-refractivity contribution in [3.8, 4) is 5.69 Å². The third-order valence-electron chi connectivity index (χ3n) is 4.92. The normalized spacial score (nSPS) is 12.4. The maximum Gasteiger partial charge on any atom is 0.196 e. The van der Waals surface area contributed by atoms with E-state index < -0.39 is 0 Å². The molecule has 1 atom stereocenters. The Hall–Kier alpha value is -2.86. The first-order valence-electron chi connectivity index (χ1n) is 9.21. The Bertz CT molecular complexity index is 1170. The van der Waals surface area contributed by atoms with Gasteiger partial charge in [0.2, 0.25) is 0 Å². The summed E-state index contributed by atoms with van der Waals surface area (Å²) in [6, 6.07) is 14.2. The number of nitrogens with zero attached hydrogens (tertiary/aromatic N) is 3. The first-order chi connectivity index (χ1) is 13.5. The summed E-state index contributed by atoms with van der Waals surface area (Å²) in [6.07, 6.45) is 1.70. The first-order valence-corrected chi connectivity index (χ1v) is 10.1. The third kappa shape index (κ3) is 3.24. The highest BCUT2D eigenvalue weighted by atomic mass is 32.2. The maximum atomic E-state index is 13.2.